The third-order valence-corrected chi connectivity index (χ3v) is 6.07. The monoisotopic (exact) mass is 587 g/mol. The maximum atomic E-state index is 12.5. The smallest absolute Gasteiger partial charge is 0.294 e. The number of carbonyl (C=O) groups excluding carboxylic acids is 3. The largest absolute Gasteiger partial charge is 0.325 e. The van der Waals surface area contributed by atoms with Gasteiger partial charge >= 0.3 is 0 Å². The molecule has 2 aromatic rings. The van der Waals surface area contributed by atoms with E-state index in [1.165, 1.54) is 18.2 Å². The van der Waals surface area contributed by atoms with Gasteiger partial charge in [0.25, 0.3) is 16.8 Å². The summed E-state index contributed by atoms with van der Waals surface area (Å²) in [6.45, 7) is -0.422. The first-order chi connectivity index (χ1) is 13.7. The molecule has 3 rings (SSSR count). The highest BCUT2D eigenvalue weighted by Crippen LogP contribution is 2.33. The molecule has 1 saturated heterocycles. The third kappa shape index (κ3) is 5.22. The molecule has 1 fully saturated rings. The molecule has 148 valence electrons. The summed E-state index contributed by atoms with van der Waals surface area (Å²) >= 11 is 5.91. The van der Waals surface area contributed by atoms with E-state index in [9.17, 15) is 24.5 Å². The van der Waals surface area contributed by atoms with Crippen molar-refractivity contribution in [3.8, 4) is 0 Å². The maximum absolute atomic E-state index is 12.5. The van der Waals surface area contributed by atoms with Crippen LogP contribution in [0.2, 0.25) is 0 Å². The molecule has 8 nitrogen and oxygen atoms in total. The molecule has 0 atom stereocenters. The van der Waals surface area contributed by atoms with Crippen LogP contribution >= 0.6 is 50.3 Å². The number of thioether (sulfide) groups is 1. The summed E-state index contributed by atoms with van der Waals surface area (Å²) in [5.74, 6) is -1.13. The summed E-state index contributed by atoms with van der Waals surface area (Å²) < 4.78 is 1.31. The lowest BCUT2D eigenvalue weighted by molar-refractivity contribution is -0.385. The number of hydrogen-bond acceptors (Lipinski definition) is 6. The number of nitro groups is 1. The van der Waals surface area contributed by atoms with Crippen LogP contribution in [0.3, 0.4) is 0 Å². The molecule has 3 amide bonds. The summed E-state index contributed by atoms with van der Waals surface area (Å²) in [7, 11) is 0. The van der Waals surface area contributed by atoms with Crippen LogP contribution in [0.1, 0.15) is 5.56 Å². The van der Waals surface area contributed by atoms with Crippen molar-refractivity contribution in [2.75, 3.05) is 11.9 Å². The highest BCUT2D eigenvalue weighted by Gasteiger charge is 2.36. The third-order valence-electron chi connectivity index (χ3n) is 3.77. The molecule has 1 N–H and O–H groups in total. The van der Waals surface area contributed by atoms with Crippen LogP contribution < -0.4 is 5.32 Å². The minimum Gasteiger partial charge on any atom is -0.325 e. The maximum Gasteiger partial charge on any atom is 0.294 e. The van der Waals surface area contributed by atoms with Gasteiger partial charge in [0.1, 0.15) is 6.54 Å². The molecule has 1 aliphatic heterocycles. The molecule has 29 heavy (non-hydrogen) atoms. The van der Waals surface area contributed by atoms with Gasteiger partial charge in [-0.1, -0.05) is 6.07 Å². The minimum absolute atomic E-state index is 0.0914. The first kappa shape index (κ1) is 21.5. The molecular formula is C18H11BrIN3O5S. The average Bonchev–Trinajstić information content (AvgIpc) is 2.92. The fourth-order valence-electron chi connectivity index (χ4n) is 2.42. The predicted molar refractivity (Wildman–Crippen MR) is 121 cm³/mol. The van der Waals surface area contributed by atoms with Gasteiger partial charge in [-0.2, -0.15) is 0 Å². The highest BCUT2D eigenvalue weighted by molar-refractivity contribution is 14.1. The standard InChI is InChI=1S/C18H11BrIN3O5S/c19-13-6-1-10(7-14(13)23(27)28)8-15-17(25)22(18(26)29-15)9-16(24)21-12-4-2-11(20)3-5-12/h1-8H,9H2,(H,21,24)/b15-8-. The van der Waals surface area contributed by atoms with E-state index in [1.54, 1.807) is 18.2 Å². The van der Waals surface area contributed by atoms with Crippen LogP contribution in [-0.4, -0.2) is 33.4 Å². The number of hydrogen-bond donors (Lipinski definition) is 1. The topological polar surface area (TPSA) is 110 Å². The quantitative estimate of drug-likeness (QED) is 0.236. The molecule has 0 aliphatic carbocycles. The second kappa shape index (κ2) is 9.05. The Balaban J connectivity index is 1.73. The Hall–Kier alpha value is -2.25. The van der Waals surface area contributed by atoms with Crippen molar-refractivity contribution >= 4 is 84.8 Å². The lowest BCUT2D eigenvalue weighted by Crippen LogP contribution is -2.36. The molecule has 1 aliphatic rings. The van der Waals surface area contributed by atoms with Gasteiger partial charge in [-0.05, 0) is 92.3 Å². The van der Waals surface area contributed by atoms with Crippen molar-refractivity contribution in [1.82, 2.24) is 4.90 Å². The Morgan fingerprint density at radius 2 is 1.93 bits per heavy atom. The van der Waals surface area contributed by atoms with Crippen molar-refractivity contribution in [2.45, 2.75) is 0 Å². The van der Waals surface area contributed by atoms with E-state index < -0.39 is 28.5 Å². The number of halogens is 2. The molecule has 0 bridgehead atoms. The van der Waals surface area contributed by atoms with Gasteiger partial charge < -0.3 is 5.32 Å². The fraction of sp³-hybridized carbons (Fsp3) is 0.0556. The van der Waals surface area contributed by atoms with Gasteiger partial charge in [-0.25, -0.2) is 0 Å². The predicted octanol–water partition coefficient (Wildman–Crippen LogP) is 4.64. The van der Waals surface area contributed by atoms with Crippen LogP contribution in [0.15, 0.2) is 51.8 Å². The average molecular weight is 588 g/mol. The van der Waals surface area contributed by atoms with Gasteiger partial charge in [0, 0.05) is 15.3 Å². The van der Waals surface area contributed by atoms with Crippen molar-refractivity contribution in [2.24, 2.45) is 0 Å². The number of carbonyl (C=O) groups is 3. The van der Waals surface area contributed by atoms with E-state index in [0.29, 0.717) is 27.5 Å². The van der Waals surface area contributed by atoms with Gasteiger partial charge in [0.05, 0.1) is 14.3 Å². The molecular weight excluding hydrogens is 577 g/mol. The van der Waals surface area contributed by atoms with Gasteiger partial charge in [-0.3, -0.25) is 29.4 Å². The number of nitrogens with zero attached hydrogens (tertiary/aromatic N) is 2. The van der Waals surface area contributed by atoms with Crippen LogP contribution in [0.25, 0.3) is 6.08 Å². The second-order valence-electron chi connectivity index (χ2n) is 5.79. The number of rotatable bonds is 5. The number of nitrogens with one attached hydrogen (secondary N) is 1. The van der Waals surface area contributed by atoms with Gasteiger partial charge in [0.15, 0.2) is 0 Å². The van der Waals surface area contributed by atoms with Crippen LogP contribution in [0, 0.1) is 13.7 Å². The zero-order valence-corrected chi connectivity index (χ0v) is 19.0. The van der Waals surface area contributed by atoms with Gasteiger partial charge in [0.2, 0.25) is 5.91 Å². The Labute approximate surface area is 191 Å². The van der Waals surface area contributed by atoms with Crippen LogP contribution in [0.5, 0.6) is 0 Å². The normalized spacial score (nSPS) is 15.1. The van der Waals surface area contributed by atoms with Crippen molar-refractivity contribution < 1.29 is 19.3 Å². The summed E-state index contributed by atoms with van der Waals surface area (Å²) in [4.78, 5) is 48.3. The number of benzene rings is 2. The molecule has 2 aromatic carbocycles. The Morgan fingerprint density at radius 1 is 1.24 bits per heavy atom. The zero-order valence-electron chi connectivity index (χ0n) is 14.4. The summed E-state index contributed by atoms with van der Waals surface area (Å²) in [5, 5.41) is 13.1. The number of imide groups is 1. The van der Waals surface area contributed by atoms with E-state index in [4.69, 9.17) is 0 Å². The molecule has 0 unspecified atom stereocenters. The number of nitro benzene ring substituents is 1. The fourth-order valence-corrected chi connectivity index (χ4v) is 4.01. The van der Waals surface area contributed by atoms with Crippen molar-refractivity contribution in [3.05, 3.63) is 71.1 Å². The Morgan fingerprint density at radius 3 is 2.59 bits per heavy atom. The first-order valence-corrected chi connectivity index (χ1v) is 10.7. The van der Waals surface area contributed by atoms with E-state index in [2.05, 4.69) is 43.8 Å². The van der Waals surface area contributed by atoms with E-state index in [-0.39, 0.29) is 10.6 Å². The number of amides is 3. The molecule has 0 saturated carbocycles. The second-order valence-corrected chi connectivity index (χ2v) is 8.88. The van der Waals surface area contributed by atoms with Crippen molar-refractivity contribution in [1.29, 1.82) is 0 Å². The van der Waals surface area contributed by atoms with E-state index in [1.807, 2.05) is 12.1 Å². The van der Waals surface area contributed by atoms with Crippen LogP contribution in [0.4, 0.5) is 16.2 Å². The van der Waals surface area contributed by atoms with Crippen molar-refractivity contribution in [3.63, 3.8) is 0 Å². The summed E-state index contributed by atoms with van der Waals surface area (Å²) in [6.07, 6.45) is 1.39. The van der Waals surface area contributed by atoms with Crippen LogP contribution in [-0.2, 0) is 9.59 Å². The zero-order chi connectivity index (χ0) is 21.1. The molecule has 0 radical (unpaired) electrons. The highest BCUT2D eigenvalue weighted by atomic mass is 127. The number of anilines is 1. The van der Waals surface area contributed by atoms with E-state index in [0.717, 1.165) is 8.47 Å². The molecule has 11 heteroatoms. The molecule has 1 heterocycles. The summed E-state index contributed by atoms with van der Waals surface area (Å²) in [6, 6.07) is 11.4. The SMILES string of the molecule is O=C(CN1C(=O)S/C(=C\c2ccc(Br)c([N+](=O)[O-])c2)C1=O)Nc1ccc(I)cc1. The molecule has 0 spiro atoms. The Bertz CT molecular complexity index is 1060. The van der Waals surface area contributed by atoms with E-state index >= 15 is 0 Å². The summed E-state index contributed by atoms with van der Waals surface area (Å²) in [5.41, 5.74) is 0.795. The minimum atomic E-state index is -0.622. The first-order valence-electron chi connectivity index (χ1n) is 7.99. The molecule has 0 aromatic heterocycles. The van der Waals surface area contributed by atoms with Gasteiger partial charge in [-0.15, -0.1) is 0 Å². The lowest BCUT2D eigenvalue weighted by Gasteiger charge is -2.12. The lowest BCUT2D eigenvalue weighted by atomic mass is 10.2. The Kier molecular flexibility index (Phi) is 6.70.